The third-order valence-electron chi connectivity index (χ3n) is 2.32. The van der Waals surface area contributed by atoms with E-state index in [0.717, 1.165) is 11.4 Å². The predicted octanol–water partition coefficient (Wildman–Crippen LogP) is 1.87. The van der Waals surface area contributed by atoms with E-state index in [0.29, 0.717) is 11.6 Å². The molecule has 1 aromatic carbocycles. The Hall–Kier alpha value is -2.30. The van der Waals surface area contributed by atoms with Gasteiger partial charge in [0.25, 0.3) is 0 Å². The molecule has 88 valence electrons. The molecule has 0 saturated carbocycles. The zero-order chi connectivity index (χ0) is 12.3. The van der Waals surface area contributed by atoms with E-state index in [1.807, 2.05) is 43.3 Å². The van der Waals surface area contributed by atoms with Crippen LogP contribution in [0, 0.1) is 0 Å². The first-order valence-corrected chi connectivity index (χ1v) is 5.29. The Kier molecular flexibility index (Phi) is 3.09. The van der Waals surface area contributed by atoms with Crippen LogP contribution in [0.2, 0.25) is 0 Å². The number of nitrogens with two attached hydrogens (primary N) is 1. The number of hydrogen-bond donors (Lipinski definition) is 2. The summed E-state index contributed by atoms with van der Waals surface area (Å²) in [4.78, 5) is 2.04. The fraction of sp³-hybridized carbons (Fsp3) is 0.167. The minimum atomic E-state index is 0.414. The largest absolute Gasteiger partial charge is 0.382 e. The second-order valence-corrected chi connectivity index (χ2v) is 3.91. The third-order valence-corrected chi connectivity index (χ3v) is 2.32. The SMILES string of the molecule is CN(C)c1cccc(Nc2ccc(N)nn2)c1. The van der Waals surface area contributed by atoms with Crippen molar-refractivity contribution in [2.45, 2.75) is 0 Å². The number of benzene rings is 1. The molecule has 0 aliphatic rings. The van der Waals surface area contributed by atoms with E-state index in [9.17, 15) is 0 Å². The summed E-state index contributed by atoms with van der Waals surface area (Å²) >= 11 is 0. The van der Waals surface area contributed by atoms with Crippen LogP contribution >= 0.6 is 0 Å². The van der Waals surface area contributed by atoms with E-state index in [1.54, 1.807) is 12.1 Å². The molecule has 0 aliphatic heterocycles. The van der Waals surface area contributed by atoms with Crippen LogP contribution in [-0.2, 0) is 0 Å². The van der Waals surface area contributed by atoms with Gasteiger partial charge in [-0.2, -0.15) is 0 Å². The molecule has 0 fully saturated rings. The summed E-state index contributed by atoms with van der Waals surface area (Å²) in [5, 5.41) is 10.9. The zero-order valence-electron chi connectivity index (χ0n) is 9.88. The molecule has 0 amide bonds. The number of hydrogen-bond acceptors (Lipinski definition) is 5. The lowest BCUT2D eigenvalue weighted by Gasteiger charge is -2.14. The van der Waals surface area contributed by atoms with Gasteiger partial charge in [-0.05, 0) is 30.3 Å². The van der Waals surface area contributed by atoms with Gasteiger partial charge in [0.1, 0.15) is 5.82 Å². The minimum absolute atomic E-state index is 0.414. The van der Waals surface area contributed by atoms with Crippen molar-refractivity contribution in [2.75, 3.05) is 30.0 Å². The van der Waals surface area contributed by atoms with Crippen LogP contribution in [0.1, 0.15) is 0 Å². The molecule has 1 heterocycles. The highest BCUT2D eigenvalue weighted by Gasteiger charge is 1.99. The van der Waals surface area contributed by atoms with Gasteiger partial charge in [0.15, 0.2) is 5.82 Å². The fourth-order valence-corrected chi connectivity index (χ4v) is 1.42. The highest BCUT2D eigenvalue weighted by Crippen LogP contribution is 2.20. The molecule has 0 saturated heterocycles. The Morgan fingerprint density at radius 3 is 2.59 bits per heavy atom. The molecular formula is C12H15N5. The Labute approximate surface area is 100 Å². The summed E-state index contributed by atoms with van der Waals surface area (Å²) in [6, 6.07) is 11.6. The average Bonchev–Trinajstić information content (AvgIpc) is 2.32. The first kappa shape index (κ1) is 11.2. The van der Waals surface area contributed by atoms with Crippen LogP contribution in [0.15, 0.2) is 36.4 Å². The number of nitrogens with one attached hydrogen (secondary N) is 1. The van der Waals surface area contributed by atoms with E-state index in [1.165, 1.54) is 0 Å². The van der Waals surface area contributed by atoms with Gasteiger partial charge in [0.2, 0.25) is 0 Å². The summed E-state index contributed by atoms with van der Waals surface area (Å²) in [5.74, 6) is 1.09. The molecule has 0 aliphatic carbocycles. The smallest absolute Gasteiger partial charge is 0.153 e. The van der Waals surface area contributed by atoms with Crippen molar-refractivity contribution in [1.82, 2.24) is 10.2 Å². The normalized spacial score (nSPS) is 10.0. The van der Waals surface area contributed by atoms with Crippen LogP contribution in [0.5, 0.6) is 0 Å². The maximum Gasteiger partial charge on any atom is 0.153 e. The average molecular weight is 229 g/mol. The van der Waals surface area contributed by atoms with Crippen LogP contribution in [0.3, 0.4) is 0 Å². The number of nitrogen functional groups attached to an aromatic ring is 1. The maximum atomic E-state index is 5.48. The summed E-state index contributed by atoms with van der Waals surface area (Å²) in [6.45, 7) is 0. The molecule has 17 heavy (non-hydrogen) atoms. The summed E-state index contributed by atoms with van der Waals surface area (Å²) in [7, 11) is 4.00. The van der Waals surface area contributed by atoms with Crippen molar-refractivity contribution >= 4 is 23.0 Å². The van der Waals surface area contributed by atoms with Gasteiger partial charge in [-0.15, -0.1) is 10.2 Å². The molecule has 1 aromatic heterocycles. The quantitative estimate of drug-likeness (QED) is 0.841. The first-order chi connectivity index (χ1) is 8.15. The van der Waals surface area contributed by atoms with E-state index in [-0.39, 0.29) is 0 Å². The molecule has 2 rings (SSSR count). The van der Waals surface area contributed by atoms with Gasteiger partial charge in [-0.25, -0.2) is 0 Å². The van der Waals surface area contributed by atoms with Gasteiger partial charge in [0, 0.05) is 25.5 Å². The van der Waals surface area contributed by atoms with Crippen molar-refractivity contribution in [1.29, 1.82) is 0 Å². The highest BCUT2D eigenvalue weighted by molar-refractivity contribution is 5.63. The van der Waals surface area contributed by atoms with Gasteiger partial charge in [0.05, 0.1) is 0 Å². The number of aromatic nitrogens is 2. The molecule has 0 atom stereocenters. The topological polar surface area (TPSA) is 67.1 Å². The van der Waals surface area contributed by atoms with Gasteiger partial charge in [-0.1, -0.05) is 6.07 Å². The molecular weight excluding hydrogens is 214 g/mol. The maximum absolute atomic E-state index is 5.48. The fourth-order valence-electron chi connectivity index (χ4n) is 1.42. The van der Waals surface area contributed by atoms with Gasteiger partial charge < -0.3 is 16.0 Å². The summed E-state index contributed by atoms with van der Waals surface area (Å²) in [5.41, 5.74) is 7.57. The van der Waals surface area contributed by atoms with Crippen molar-refractivity contribution in [3.63, 3.8) is 0 Å². The lowest BCUT2D eigenvalue weighted by Crippen LogP contribution is -2.08. The van der Waals surface area contributed by atoms with E-state index in [4.69, 9.17) is 5.73 Å². The van der Waals surface area contributed by atoms with Gasteiger partial charge >= 0.3 is 0 Å². The van der Waals surface area contributed by atoms with E-state index >= 15 is 0 Å². The lowest BCUT2D eigenvalue weighted by molar-refractivity contribution is 1.05. The van der Waals surface area contributed by atoms with Crippen molar-refractivity contribution in [2.24, 2.45) is 0 Å². The van der Waals surface area contributed by atoms with E-state index < -0.39 is 0 Å². The Morgan fingerprint density at radius 2 is 1.94 bits per heavy atom. The molecule has 2 aromatic rings. The number of rotatable bonds is 3. The molecule has 5 heteroatoms. The van der Waals surface area contributed by atoms with Crippen LogP contribution in [0.25, 0.3) is 0 Å². The molecule has 0 spiro atoms. The predicted molar refractivity (Wildman–Crippen MR) is 70.5 cm³/mol. The first-order valence-electron chi connectivity index (χ1n) is 5.29. The Balaban J connectivity index is 2.18. The number of anilines is 4. The zero-order valence-corrected chi connectivity index (χ0v) is 9.88. The second-order valence-electron chi connectivity index (χ2n) is 3.91. The molecule has 0 unspecified atom stereocenters. The van der Waals surface area contributed by atoms with Gasteiger partial charge in [-0.3, -0.25) is 0 Å². The van der Waals surface area contributed by atoms with Crippen LogP contribution in [-0.4, -0.2) is 24.3 Å². The highest BCUT2D eigenvalue weighted by atomic mass is 15.2. The minimum Gasteiger partial charge on any atom is -0.382 e. The standard InChI is InChI=1S/C12H15N5/c1-17(2)10-5-3-4-9(8-10)14-12-7-6-11(13)15-16-12/h3-8H,1-2H3,(H2,13,15)(H,14,16). The monoisotopic (exact) mass is 229 g/mol. The molecule has 3 N–H and O–H groups in total. The molecule has 0 bridgehead atoms. The van der Waals surface area contributed by atoms with Crippen LogP contribution in [0.4, 0.5) is 23.0 Å². The second kappa shape index (κ2) is 4.69. The molecule has 5 nitrogen and oxygen atoms in total. The molecule has 0 radical (unpaired) electrons. The third kappa shape index (κ3) is 2.84. The Morgan fingerprint density at radius 1 is 1.12 bits per heavy atom. The lowest BCUT2D eigenvalue weighted by atomic mass is 10.2. The van der Waals surface area contributed by atoms with E-state index in [2.05, 4.69) is 15.5 Å². The number of nitrogens with zero attached hydrogens (tertiary/aromatic N) is 3. The van der Waals surface area contributed by atoms with Crippen LogP contribution < -0.4 is 16.0 Å². The van der Waals surface area contributed by atoms with Crippen molar-refractivity contribution in [3.05, 3.63) is 36.4 Å². The Bertz CT molecular complexity index is 493. The van der Waals surface area contributed by atoms with Crippen molar-refractivity contribution in [3.8, 4) is 0 Å². The summed E-state index contributed by atoms with van der Waals surface area (Å²) < 4.78 is 0. The summed E-state index contributed by atoms with van der Waals surface area (Å²) in [6.07, 6.45) is 0. The van der Waals surface area contributed by atoms with Crippen molar-refractivity contribution < 1.29 is 0 Å².